The minimum atomic E-state index is -0.470. The minimum Gasteiger partial charge on any atom is -0.322 e. The average Bonchev–Trinajstić information content (AvgIpc) is 2.49. The quantitative estimate of drug-likeness (QED) is 0.529. The minimum absolute atomic E-state index is 0.0294. The summed E-state index contributed by atoms with van der Waals surface area (Å²) in [5.41, 5.74) is 3.10. The zero-order valence-electron chi connectivity index (χ0n) is 12.4. The van der Waals surface area contributed by atoms with E-state index < -0.39 is 4.92 Å². The number of nitro benzene ring substituents is 1. The number of nitro groups is 1. The van der Waals surface area contributed by atoms with Crippen molar-refractivity contribution in [1.29, 1.82) is 0 Å². The third kappa shape index (κ3) is 3.79. The van der Waals surface area contributed by atoms with Gasteiger partial charge in [-0.25, -0.2) is 0 Å². The molecule has 1 amide bonds. The Kier molecular flexibility index (Phi) is 4.68. The zero-order valence-corrected chi connectivity index (χ0v) is 12.4. The molecule has 5 heteroatoms. The maximum absolute atomic E-state index is 12.0. The molecule has 0 aliphatic heterocycles. The number of hydrogen-bond donors (Lipinski definition) is 1. The van der Waals surface area contributed by atoms with E-state index in [1.165, 1.54) is 18.2 Å². The number of carbonyl (C=O) groups excluding carboxylic acids is 1. The molecule has 0 fully saturated rings. The standard InChI is InChI=1S/C17H16N2O3/c1-12-7-8-13(2)15(11-12)18-17(20)10-9-14-5-3-4-6-16(14)19(21)22/h3-11H,1-2H3,(H,18,20)/b10-9+. The second kappa shape index (κ2) is 6.67. The van der Waals surface area contributed by atoms with E-state index in [0.29, 0.717) is 5.56 Å². The van der Waals surface area contributed by atoms with Gasteiger partial charge < -0.3 is 5.32 Å². The number of carbonyl (C=O) groups is 1. The van der Waals surface area contributed by atoms with Crippen LogP contribution in [-0.2, 0) is 4.79 Å². The number of para-hydroxylation sites is 1. The number of nitrogens with zero attached hydrogens (tertiary/aromatic N) is 1. The second-order valence-corrected chi connectivity index (χ2v) is 4.96. The van der Waals surface area contributed by atoms with Crippen molar-refractivity contribution in [1.82, 2.24) is 0 Å². The van der Waals surface area contributed by atoms with Crippen LogP contribution in [0.5, 0.6) is 0 Å². The maximum atomic E-state index is 12.0. The first-order valence-electron chi connectivity index (χ1n) is 6.77. The maximum Gasteiger partial charge on any atom is 0.276 e. The Bertz CT molecular complexity index is 751. The topological polar surface area (TPSA) is 72.2 Å². The van der Waals surface area contributed by atoms with E-state index in [9.17, 15) is 14.9 Å². The van der Waals surface area contributed by atoms with Gasteiger partial charge in [-0.15, -0.1) is 0 Å². The SMILES string of the molecule is Cc1ccc(C)c(NC(=O)/C=C/c2ccccc2[N+](=O)[O-])c1. The Morgan fingerprint density at radius 3 is 2.64 bits per heavy atom. The molecule has 112 valence electrons. The van der Waals surface area contributed by atoms with Gasteiger partial charge in [-0.1, -0.05) is 24.3 Å². The first-order chi connectivity index (χ1) is 10.5. The van der Waals surface area contributed by atoms with Gasteiger partial charge >= 0.3 is 0 Å². The molecule has 0 aliphatic rings. The van der Waals surface area contributed by atoms with Crippen molar-refractivity contribution < 1.29 is 9.72 Å². The van der Waals surface area contributed by atoms with Crippen LogP contribution in [0.4, 0.5) is 11.4 Å². The van der Waals surface area contributed by atoms with Gasteiger partial charge in [0.2, 0.25) is 5.91 Å². The van der Waals surface area contributed by atoms with Crippen molar-refractivity contribution in [3.8, 4) is 0 Å². The summed E-state index contributed by atoms with van der Waals surface area (Å²) in [6.45, 7) is 3.85. The lowest BCUT2D eigenvalue weighted by atomic mass is 10.1. The molecule has 0 aromatic heterocycles. The highest BCUT2D eigenvalue weighted by molar-refractivity contribution is 6.02. The molecular formula is C17H16N2O3. The smallest absolute Gasteiger partial charge is 0.276 e. The van der Waals surface area contributed by atoms with Crippen LogP contribution < -0.4 is 5.32 Å². The third-order valence-corrected chi connectivity index (χ3v) is 3.20. The zero-order chi connectivity index (χ0) is 16.1. The van der Waals surface area contributed by atoms with E-state index in [4.69, 9.17) is 0 Å². The lowest BCUT2D eigenvalue weighted by molar-refractivity contribution is -0.385. The van der Waals surface area contributed by atoms with Crippen LogP contribution in [-0.4, -0.2) is 10.8 Å². The molecule has 0 bridgehead atoms. The molecule has 0 unspecified atom stereocenters. The fourth-order valence-corrected chi connectivity index (χ4v) is 2.01. The summed E-state index contributed by atoms with van der Waals surface area (Å²) in [6, 6.07) is 12.1. The van der Waals surface area contributed by atoms with E-state index in [-0.39, 0.29) is 11.6 Å². The Hall–Kier alpha value is -2.95. The fraction of sp³-hybridized carbons (Fsp3) is 0.118. The molecule has 2 aromatic carbocycles. The second-order valence-electron chi connectivity index (χ2n) is 4.96. The van der Waals surface area contributed by atoms with Crippen molar-refractivity contribution in [2.45, 2.75) is 13.8 Å². The Morgan fingerprint density at radius 2 is 1.91 bits per heavy atom. The molecule has 2 rings (SSSR count). The largest absolute Gasteiger partial charge is 0.322 e. The number of aryl methyl sites for hydroxylation is 2. The van der Waals surface area contributed by atoms with Crippen molar-refractivity contribution >= 4 is 23.4 Å². The number of benzene rings is 2. The summed E-state index contributed by atoms with van der Waals surface area (Å²) in [5.74, 6) is -0.327. The number of amides is 1. The summed E-state index contributed by atoms with van der Waals surface area (Å²) >= 11 is 0. The van der Waals surface area contributed by atoms with Crippen molar-refractivity contribution in [3.63, 3.8) is 0 Å². The van der Waals surface area contributed by atoms with Crippen LogP contribution in [0.1, 0.15) is 16.7 Å². The van der Waals surface area contributed by atoms with Gasteiger partial charge in [-0.2, -0.15) is 0 Å². The summed E-state index contributed by atoms with van der Waals surface area (Å²) < 4.78 is 0. The van der Waals surface area contributed by atoms with E-state index in [0.717, 1.165) is 16.8 Å². The summed E-state index contributed by atoms with van der Waals surface area (Å²) in [4.78, 5) is 22.4. The molecule has 22 heavy (non-hydrogen) atoms. The summed E-state index contributed by atoms with van der Waals surface area (Å²) in [6.07, 6.45) is 2.74. The molecule has 5 nitrogen and oxygen atoms in total. The molecule has 2 aromatic rings. The first-order valence-corrected chi connectivity index (χ1v) is 6.77. The van der Waals surface area contributed by atoms with E-state index >= 15 is 0 Å². The molecular weight excluding hydrogens is 280 g/mol. The lowest BCUT2D eigenvalue weighted by Crippen LogP contribution is -2.09. The molecule has 1 N–H and O–H groups in total. The molecule has 0 heterocycles. The molecule has 0 radical (unpaired) electrons. The van der Waals surface area contributed by atoms with Crippen LogP contribution in [0.3, 0.4) is 0 Å². The van der Waals surface area contributed by atoms with Crippen molar-refractivity contribution in [2.24, 2.45) is 0 Å². The predicted molar refractivity (Wildman–Crippen MR) is 86.7 cm³/mol. The normalized spacial score (nSPS) is 10.6. The van der Waals surface area contributed by atoms with Gasteiger partial charge in [0.15, 0.2) is 0 Å². The van der Waals surface area contributed by atoms with Crippen molar-refractivity contribution in [3.05, 3.63) is 75.3 Å². The van der Waals surface area contributed by atoms with E-state index in [1.807, 2.05) is 32.0 Å². The number of nitrogens with one attached hydrogen (secondary N) is 1. The first kappa shape index (κ1) is 15.4. The van der Waals surface area contributed by atoms with Gasteiger partial charge in [0.05, 0.1) is 10.5 Å². The number of anilines is 1. The molecule has 0 spiro atoms. The van der Waals surface area contributed by atoms with Crippen LogP contribution in [0.15, 0.2) is 48.5 Å². The van der Waals surface area contributed by atoms with Crippen molar-refractivity contribution in [2.75, 3.05) is 5.32 Å². The summed E-state index contributed by atoms with van der Waals surface area (Å²) in [5, 5.41) is 13.7. The van der Waals surface area contributed by atoms with Crippen LogP contribution in [0.2, 0.25) is 0 Å². The molecule has 0 aliphatic carbocycles. The monoisotopic (exact) mass is 296 g/mol. The summed E-state index contributed by atoms with van der Waals surface area (Å²) in [7, 11) is 0. The average molecular weight is 296 g/mol. The van der Waals surface area contributed by atoms with Crippen LogP contribution in [0, 0.1) is 24.0 Å². The molecule has 0 atom stereocenters. The predicted octanol–water partition coefficient (Wildman–Crippen LogP) is 3.86. The molecule has 0 saturated carbocycles. The van der Waals surface area contributed by atoms with Crippen LogP contribution >= 0.6 is 0 Å². The van der Waals surface area contributed by atoms with Gasteiger partial charge in [-0.3, -0.25) is 14.9 Å². The highest BCUT2D eigenvalue weighted by atomic mass is 16.6. The molecule has 0 saturated heterocycles. The highest BCUT2D eigenvalue weighted by Crippen LogP contribution is 2.19. The Morgan fingerprint density at radius 1 is 1.18 bits per heavy atom. The van der Waals surface area contributed by atoms with Gasteiger partial charge in [0.1, 0.15) is 0 Å². The lowest BCUT2D eigenvalue weighted by Gasteiger charge is -2.07. The van der Waals surface area contributed by atoms with Gasteiger partial charge in [0.25, 0.3) is 5.69 Å². The third-order valence-electron chi connectivity index (χ3n) is 3.20. The fourth-order valence-electron chi connectivity index (χ4n) is 2.01. The highest BCUT2D eigenvalue weighted by Gasteiger charge is 2.10. The van der Waals surface area contributed by atoms with E-state index in [2.05, 4.69) is 5.32 Å². The van der Waals surface area contributed by atoms with E-state index in [1.54, 1.807) is 18.2 Å². The Balaban J connectivity index is 2.15. The van der Waals surface area contributed by atoms with Gasteiger partial charge in [0, 0.05) is 17.8 Å². The Labute approximate surface area is 128 Å². The van der Waals surface area contributed by atoms with Crippen LogP contribution in [0.25, 0.3) is 6.08 Å². The van der Waals surface area contributed by atoms with Gasteiger partial charge in [-0.05, 0) is 43.2 Å². The number of hydrogen-bond acceptors (Lipinski definition) is 3. The number of rotatable bonds is 4.